The number of benzene rings is 2. The molecule has 0 spiro atoms. The zero-order chi connectivity index (χ0) is 18.9. The Morgan fingerprint density at radius 2 is 1.68 bits per heavy atom. The first kappa shape index (κ1) is 22.4. The van der Waals surface area contributed by atoms with Crippen LogP contribution in [0.25, 0.3) is 0 Å². The van der Waals surface area contributed by atoms with Crippen molar-refractivity contribution in [1.29, 1.82) is 0 Å². The van der Waals surface area contributed by atoms with Gasteiger partial charge in [0.25, 0.3) is 0 Å². The number of carboxylic acid groups (broad SMARTS) is 1. The standard InChI is InChI=1S/C23H29NO3.ClH/c25-23(26)21-13-7-14-24(17-21)15-8-16-27-18-22(19-9-3-1-4-10-19)20-11-5-2-6-12-20;/h1-6,9-12,21-22H,7-8,13-18H2,(H,25,26);1H. The molecule has 1 aliphatic heterocycles. The van der Waals surface area contributed by atoms with Crippen LogP contribution in [0.4, 0.5) is 0 Å². The molecule has 1 fully saturated rings. The van der Waals surface area contributed by atoms with Gasteiger partial charge in [0.2, 0.25) is 0 Å². The van der Waals surface area contributed by atoms with Gasteiger partial charge in [0, 0.05) is 25.6 Å². The molecule has 1 saturated heterocycles. The highest BCUT2D eigenvalue weighted by Crippen LogP contribution is 2.25. The van der Waals surface area contributed by atoms with Crippen LogP contribution in [0.5, 0.6) is 0 Å². The van der Waals surface area contributed by atoms with Gasteiger partial charge in [-0.1, -0.05) is 60.7 Å². The lowest BCUT2D eigenvalue weighted by molar-refractivity contribution is -0.143. The highest BCUT2D eigenvalue weighted by Gasteiger charge is 2.24. The molecule has 0 bridgehead atoms. The van der Waals surface area contributed by atoms with E-state index in [9.17, 15) is 9.90 Å². The van der Waals surface area contributed by atoms with Gasteiger partial charge in [-0.25, -0.2) is 0 Å². The molecular formula is C23H30ClNO3. The van der Waals surface area contributed by atoms with Gasteiger partial charge in [-0.05, 0) is 36.9 Å². The van der Waals surface area contributed by atoms with Crippen LogP contribution in [0.3, 0.4) is 0 Å². The molecule has 1 N–H and O–H groups in total. The summed E-state index contributed by atoms with van der Waals surface area (Å²) >= 11 is 0. The fourth-order valence-corrected chi connectivity index (χ4v) is 3.81. The third kappa shape index (κ3) is 6.62. The van der Waals surface area contributed by atoms with E-state index in [4.69, 9.17) is 4.74 Å². The van der Waals surface area contributed by atoms with Crippen LogP contribution < -0.4 is 0 Å². The predicted molar refractivity (Wildman–Crippen MR) is 114 cm³/mol. The van der Waals surface area contributed by atoms with Crippen LogP contribution in [0.1, 0.15) is 36.3 Å². The summed E-state index contributed by atoms with van der Waals surface area (Å²) in [4.78, 5) is 13.4. The van der Waals surface area contributed by atoms with Crippen LogP contribution in [0.15, 0.2) is 60.7 Å². The molecule has 4 nitrogen and oxygen atoms in total. The second-order valence-corrected chi connectivity index (χ2v) is 7.28. The number of hydrogen-bond acceptors (Lipinski definition) is 3. The lowest BCUT2D eigenvalue weighted by Crippen LogP contribution is -2.39. The molecular weight excluding hydrogens is 374 g/mol. The normalized spacial score (nSPS) is 17.2. The minimum Gasteiger partial charge on any atom is -0.481 e. The number of carbonyl (C=O) groups is 1. The van der Waals surface area contributed by atoms with Crippen LogP contribution >= 0.6 is 12.4 Å². The first-order valence-corrected chi connectivity index (χ1v) is 9.87. The smallest absolute Gasteiger partial charge is 0.307 e. The van der Waals surface area contributed by atoms with Gasteiger partial charge in [-0.15, -0.1) is 12.4 Å². The second-order valence-electron chi connectivity index (χ2n) is 7.28. The third-order valence-corrected chi connectivity index (χ3v) is 5.31. The van der Waals surface area contributed by atoms with E-state index in [0.29, 0.717) is 19.8 Å². The highest BCUT2D eigenvalue weighted by atomic mass is 35.5. The van der Waals surface area contributed by atoms with Gasteiger partial charge in [0.05, 0.1) is 12.5 Å². The number of carboxylic acids is 1. The van der Waals surface area contributed by atoms with Crippen molar-refractivity contribution < 1.29 is 14.6 Å². The Kier molecular flexibility index (Phi) is 9.48. The monoisotopic (exact) mass is 403 g/mol. The minimum atomic E-state index is -0.662. The van der Waals surface area contributed by atoms with E-state index >= 15 is 0 Å². The quantitative estimate of drug-likeness (QED) is 0.628. The maximum absolute atomic E-state index is 11.2. The van der Waals surface area contributed by atoms with Gasteiger partial charge < -0.3 is 14.7 Å². The Morgan fingerprint density at radius 1 is 1.07 bits per heavy atom. The van der Waals surface area contributed by atoms with Crippen LogP contribution in [-0.4, -0.2) is 48.8 Å². The molecule has 1 heterocycles. The maximum atomic E-state index is 11.2. The minimum absolute atomic E-state index is 0. The Bertz CT molecular complexity index is 656. The Hall–Kier alpha value is -1.88. The first-order valence-electron chi connectivity index (χ1n) is 9.87. The van der Waals surface area contributed by atoms with Crippen molar-refractivity contribution in [2.75, 3.05) is 32.8 Å². The zero-order valence-electron chi connectivity index (χ0n) is 16.2. The van der Waals surface area contributed by atoms with Crippen molar-refractivity contribution in [3.63, 3.8) is 0 Å². The number of likely N-dealkylation sites (tertiary alicyclic amines) is 1. The van der Waals surface area contributed by atoms with Gasteiger partial charge in [-0.2, -0.15) is 0 Å². The lowest BCUT2D eigenvalue weighted by atomic mass is 9.92. The molecule has 152 valence electrons. The van der Waals surface area contributed by atoms with Crippen molar-refractivity contribution >= 4 is 18.4 Å². The van der Waals surface area contributed by atoms with E-state index in [2.05, 4.69) is 53.4 Å². The summed E-state index contributed by atoms with van der Waals surface area (Å²) in [6, 6.07) is 21.0. The van der Waals surface area contributed by atoms with Crippen molar-refractivity contribution in [2.24, 2.45) is 5.92 Å². The van der Waals surface area contributed by atoms with Crippen molar-refractivity contribution in [3.05, 3.63) is 71.8 Å². The van der Waals surface area contributed by atoms with E-state index in [-0.39, 0.29) is 24.2 Å². The number of piperidine rings is 1. The SMILES string of the molecule is Cl.O=C(O)C1CCCN(CCCOCC(c2ccccc2)c2ccccc2)C1. The van der Waals surface area contributed by atoms with Crippen molar-refractivity contribution in [2.45, 2.75) is 25.2 Å². The summed E-state index contributed by atoms with van der Waals surface area (Å²) in [7, 11) is 0. The molecule has 28 heavy (non-hydrogen) atoms. The Balaban J connectivity index is 0.00000280. The van der Waals surface area contributed by atoms with Crippen LogP contribution in [0, 0.1) is 5.92 Å². The van der Waals surface area contributed by atoms with Crippen LogP contribution in [-0.2, 0) is 9.53 Å². The topological polar surface area (TPSA) is 49.8 Å². The zero-order valence-corrected chi connectivity index (χ0v) is 17.0. The Labute approximate surface area is 173 Å². The van der Waals surface area contributed by atoms with Crippen molar-refractivity contribution in [1.82, 2.24) is 4.90 Å². The van der Waals surface area contributed by atoms with Crippen LogP contribution in [0.2, 0.25) is 0 Å². The summed E-state index contributed by atoms with van der Waals surface area (Å²) in [6.07, 6.45) is 2.71. The summed E-state index contributed by atoms with van der Waals surface area (Å²) in [5, 5.41) is 9.19. The molecule has 1 aliphatic rings. The van der Waals surface area contributed by atoms with Gasteiger partial charge in [-0.3, -0.25) is 4.79 Å². The van der Waals surface area contributed by atoms with E-state index in [1.165, 1.54) is 11.1 Å². The molecule has 0 radical (unpaired) electrons. The Morgan fingerprint density at radius 3 is 2.25 bits per heavy atom. The fraction of sp³-hybridized carbons (Fsp3) is 0.435. The highest BCUT2D eigenvalue weighted by molar-refractivity contribution is 5.85. The second kappa shape index (κ2) is 11.8. The number of rotatable bonds is 9. The van der Waals surface area contributed by atoms with E-state index < -0.39 is 5.97 Å². The molecule has 2 aromatic rings. The summed E-state index contributed by atoms with van der Waals surface area (Å²) in [5.74, 6) is -0.636. The number of halogens is 1. The van der Waals surface area contributed by atoms with E-state index in [1.54, 1.807) is 0 Å². The van der Waals surface area contributed by atoms with E-state index in [0.717, 1.165) is 32.4 Å². The molecule has 1 unspecified atom stereocenters. The molecule has 5 heteroatoms. The fourth-order valence-electron chi connectivity index (χ4n) is 3.81. The summed E-state index contributed by atoms with van der Waals surface area (Å²) < 4.78 is 6.03. The van der Waals surface area contributed by atoms with Gasteiger partial charge in [0.1, 0.15) is 0 Å². The summed E-state index contributed by atoms with van der Waals surface area (Å²) in [5.41, 5.74) is 2.54. The molecule has 0 aliphatic carbocycles. The molecule has 3 rings (SSSR count). The number of ether oxygens (including phenoxy) is 1. The molecule has 0 aromatic heterocycles. The largest absolute Gasteiger partial charge is 0.481 e. The number of nitrogens with zero attached hydrogens (tertiary/aromatic N) is 1. The average molecular weight is 404 g/mol. The van der Waals surface area contributed by atoms with E-state index in [1.807, 2.05) is 12.1 Å². The third-order valence-electron chi connectivity index (χ3n) is 5.31. The van der Waals surface area contributed by atoms with Crippen molar-refractivity contribution in [3.8, 4) is 0 Å². The van der Waals surface area contributed by atoms with Gasteiger partial charge >= 0.3 is 5.97 Å². The molecule has 1 atom stereocenters. The average Bonchev–Trinajstić information content (AvgIpc) is 2.72. The lowest BCUT2D eigenvalue weighted by Gasteiger charge is -2.30. The number of hydrogen-bond donors (Lipinski definition) is 1. The molecule has 0 amide bonds. The van der Waals surface area contributed by atoms with Gasteiger partial charge in [0.15, 0.2) is 0 Å². The predicted octanol–water partition coefficient (Wildman–Crippen LogP) is 4.44. The molecule has 2 aromatic carbocycles. The maximum Gasteiger partial charge on any atom is 0.307 e. The molecule has 0 saturated carbocycles. The first-order chi connectivity index (χ1) is 13.2. The summed E-state index contributed by atoms with van der Waals surface area (Å²) in [6.45, 7) is 3.94. The number of aliphatic carboxylic acids is 1.